The van der Waals surface area contributed by atoms with Gasteiger partial charge in [-0.3, -0.25) is 44.4 Å². The van der Waals surface area contributed by atoms with Crippen LogP contribution in [0.15, 0.2) is 24.3 Å². The van der Waals surface area contributed by atoms with Crippen molar-refractivity contribution in [1.29, 1.82) is 0 Å². The van der Waals surface area contributed by atoms with Gasteiger partial charge < -0.3 is 42.0 Å². The topological polar surface area (TPSA) is 274 Å². The standard InChI is InChI=1S/C44H74N10O10S2/c1-33(32-34(2)55)42(61)47-26-8-4-9-27-48-43(65)50-36-16-18-37(19-17-36)51-44(66)49-28-12-7-15-31-54(64)41(60)23-21-39(58)46-25-11-6-14-30-53(63)40(59)22-20-38(57)45-24-10-5-13-29-52(62)35(3)56/h16-19,33,62-64H,4-15,20-32H2,1-3H3,(H,45,57)(H,46,58)(H,47,61)(H2,48,50,65)(H2,49,51,66)/t33-/m1/s1. The molecule has 0 aromatic heterocycles. The molecule has 20 nitrogen and oxygen atoms in total. The minimum absolute atomic E-state index is 0.00592. The first-order valence-corrected chi connectivity index (χ1v) is 23.8. The molecule has 0 radical (unpaired) electrons. The summed E-state index contributed by atoms with van der Waals surface area (Å²) in [5.74, 6) is -2.56. The van der Waals surface area contributed by atoms with E-state index in [9.17, 15) is 49.2 Å². The van der Waals surface area contributed by atoms with E-state index in [-0.39, 0.29) is 81.2 Å². The van der Waals surface area contributed by atoms with Crippen molar-refractivity contribution in [3.05, 3.63) is 24.3 Å². The number of amides is 6. The van der Waals surface area contributed by atoms with Gasteiger partial charge in [0.1, 0.15) is 5.78 Å². The molecule has 0 aliphatic carbocycles. The van der Waals surface area contributed by atoms with Crippen molar-refractivity contribution in [1.82, 2.24) is 41.8 Å². The van der Waals surface area contributed by atoms with Gasteiger partial charge >= 0.3 is 0 Å². The van der Waals surface area contributed by atoms with Crippen LogP contribution in [0.25, 0.3) is 0 Å². The van der Waals surface area contributed by atoms with Crippen LogP contribution in [0.5, 0.6) is 0 Å². The Bertz CT molecular complexity index is 1670. The second-order valence-electron chi connectivity index (χ2n) is 16.1. The summed E-state index contributed by atoms with van der Waals surface area (Å²) in [4.78, 5) is 82.7. The molecule has 1 aromatic carbocycles. The average molecular weight is 967 g/mol. The monoisotopic (exact) mass is 967 g/mol. The molecule has 0 aliphatic rings. The van der Waals surface area contributed by atoms with Crippen LogP contribution in [0.3, 0.4) is 0 Å². The Morgan fingerprint density at radius 1 is 0.500 bits per heavy atom. The normalized spacial score (nSPS) is 11.1. The molecule has 0 aliphatic heterocycles. The Kier molecular flexibility index (Phi) is 32.3. The van der Waals surface area contributed by atoms with Gasteiger partial charge in [-0.2, -0.15) is 0 Å². The van der Waals surface area contributed by atoms with Gasteiger partial charge in [-0.25, -0.2) is 15.2 Å². The molecule has 1 aromatic rings. The smallest absolute Gasteiger partial charge is 0.246 e. The number of benzene rings is 1. The molecule has 0 fully saturated rings. The summed E-state index contributed by atoms with van der Waals surface area (Å²) in [6.45, 7) is 7.58. The van der Waals surface area contributed by atoms with Crippen molar-refractivity contribution in [2.75, 3.05) is 63.0 Å². The van der Waals surface area contributed by atoms with Gasteiger partial charge in [0, 0.05) is 109 Å². The number of nitrogens with zero attached hydrogens (tertiary/aromatic N) is 3. The molecule has 66 heavy (non-hydrogen) atoms. The number of ketones is 1. The molecule has 10 N–H and O–H groups in total. The Balaban J connectivity index is 2.05. The zero-order valence-electron chi connectivity index (χ0n) is 38.9. The number of carbonyl (C=O) groups is 7. The van der Waals surface area contributed by atoms with E-state index >= 15 is 0 Å². The molecule has 0 spiro atoms. The molecular formula is C44H74N10O10S2. The fourth-order valence-corrected chi connectivity index (χ4v) is 6.60. The number of thiocarbonyl (C=S) groups is 2. The van der Waals surface area contributed by atoms with E-state index in [1.807, 2.05) is 24.3 Å². The van der Waals surface area contributed by atoms with Crippen molar-refractivity contribution >= 4 is 87.3 Å². The molecule has 372 valence electrons. The lowest BCUT2D eigenvalue weighted by atomic mass is 10.0. The summed E-state index contributed by atoms with van der Waals surface area (Å²) >= 11 is 10.8. The van der Waals surface area contributed by atoms with Crippen molar-refractivity contribution in [2.24, 2.45) is 5.92 Å². The van der Waals surface area contributed by atoms with Crippen molar-refractivity contribution in [3.8, 4) is 0 Å². The van der Waals surface area contributed by atoms with Gasteiger partial charge in [0.2, 0.25) is 35.4 Å². The van der Waals surface area contributed by atoms with Gasteiger partial charge in [0.15, 0.2) is 10.2 Å². The maximum absolute atomic E-state index is 12.3. The number of nitrogens with one attached hydrogen (secondary N) is 7. The van der Waals surface area contributed by atoms with Crippen LogP contribution in [0.2, 0.25) is 0 Å². The maximum atomic E-state index is 12.3. The largest absolute Gasteiger partial charge is 0.362 e. The Hall–Kier alpha value is -5.03. The first-order chi connectivity index (χ1) is 31.5. The highest BCUT2D eigenvalue weighted by Crippen LogP contribution is 2.14. The van der Waals surface area contributed by atoms with Crippen LogP contribution < -0.4 is 37.2 Å². The quantitative estimate of drug-likeness (QED) is 0.0198. The van der Waals surface area contributed by atoms with Crippen LogP contribution in [0, 0.1) is 5.92 Å². The van der Waals surface area contributed by atoms with E-state index in [4.69, 9.17) is 24.4 Å². The molecule has 0 saturated heterocycles. The van der Waals surface area contributed by atoms with Gasteiger partial charge in [0.25, 0.3) is 0 Å². The van der Waals surface area contributed by atoms with Crippen LogP contribution in [-0.2, 0) is 33.6 Å². The van der Waals surface area contributed by atoms with Gasteiger partial charge in [0.05, 0.1) is 0 Å². The third-order valence-electron chi connectivity index (χ3n) is 10.0. The third kappa shape index (κ3) is 31.0. The number of hydrogen-bond donors (Lipinski definition) is 10. The lowest BCUT2D eigenvalue weighted by molar-refractivity contribution is -0.166. The molecule has 1 atom stereocenters. The Morgan fingerprint density at radius 2 is 0.848 bits per heavy atom. The van der Waals surface area contributed by atoms with E-state index in [1.54, 1.807) is 6.92 Å². The molecule has 22 heteroatoms. The van der Waals surface area contributed by atoms with Gasteiger partial charge in [-0.1, -0.05) is 6.92 Å². The lowest BCUT2D eigenvalue weighted by Crippen LogP contribution is -2.31. The summed E-state index contributed by atoms with van der Waals surface area (Å²) in [5, 5.41) is 53.2. The van der Waals surface area contributed by atoms with Crippen LogP contribution in [-0.4, -0.2) is 135 Å². The van der Waals surface area contributed by atoms with Gasteiger partial charge in [-0.15, -0.1) is 0 Å². The summed E-state index contributed by atoms with van der Waals surface area (Å²) in [5.41, 5.74) is 1.61. The van der Waals surface area contributed by atoms with E-state index in [2.05, 4.69) is 37.2 Å². The lowest BCUT2D eigenvalue weighted by Gasteiger charge is -2.15. The SMILES string of the molecule is CC(=O)C[C@@H](C)C(=O)NCCCCCNC(=S)Nc1ccc(NC(=S)NCCCCCN(O)C(=O)CCC(=O)NCCCCCN(O)C(=O)CCC(=O)NCCCCCN(O)C(C)=O)cc1. The van der Waals surface area contributed by atoms with Gasteiger partial charge in [-0.05, 0) is 133 Å². The van der Waals surface area contributed by atoms with Crippen molar-refractivity contribution in [3.63, 3.8) is 0 Å². The minimum Gasteiger partial charge on any atom is -0.362 e. The zero-order chi connectivity index (χ0) is 49.1. The average Bonchev–Trinajstić information content (AvgIpc) is 3.27. The minimum atomic E-state index is -0.566. The first kappa shape index (κ1) is 59.0. The molecule has 0 saturated carbocycles. The summed E-state index contributed by atoms with van der Waals surface area (Å²) in [7, 11) is 0. The number of hydrogen-bond acceptors (Lipinski definition) is 12. The van der Waals surface area contributed by atoms with E-state index in [0.29, 0.717) is 103 Å². The number of anilines is 2. The summed E-state index contributed by atoms with van der Waals surface area (Å²) in [6.07, 6.45) is 8.20. The second-order valence-corrected chi connectivity index (χ2v) is 16.9. The summed E-state index contributed by atoms with van der Waals surface area (Å²) < 4.78 is 0. The van der Waals surface area contributed by atoms with Crippen LogP contribution in [0.1, 0.15) is 130 Å². The Labute approximate surface area is 400 Å². The highest BCUT2D eigenvalue weighted by molar-refractivity contribution is 7.80. The molecule has 0 bridgehead atoms. The highest BCUT2D eigenvalue weighted by atomic mass is 32.1. The molecule has 6 amide bonds. The van der Waals surface area contributed by atoms with Crippen molar-refractivity contribution in [2.45, 2.75) is 130 Å². The van der Waals surface area contributed by atoms with Crippen LogP contribution in [0.4, 0.5) is 11.4 Å². The molecule has 1 rings (SSSR count). The van der Waals surface area contributed by atoms with E-state index in [0.717, 1.165) is 43.5 Å². The van der Waals surface area contributed by atoms with E-state index < -0.39 is 17.7 Å². The molecule has 0 unspecified atom stereocenters. The molecule has 0 heterocycles. The molecular weight excluding hydrogens is 893 g/mol. The number of unbranched alkanes of at least 4 members (excludes halogenated alkanes) is 8. The Morgan fingerprint density at radius 3 is 1.23 bits per heavy atom. The second kappa shape index (κ2) is 36.1. The number of rotatable bonds is 35. The predicted octanol–water partition coefficient (Wildman–Crippen LogP) is 4.14. The zero-order valence-corrected chi connectivity index (χ0v) is 40.6. The van der Waals surface area contributed by atoms with Crippen LogP contribution >= 0.6 is 24.4 Å². The van der Waals surface area contributed by atoms with Crippen molar-refractivity contribution < 1.29 is 49.2 Å². The highest BCUT2D eigenvalue weighted by Gasteiger charge is 2.16. The van der Waals surface area contributed by atoms with E-state index in [1.165, 1.54) is 13.8 Å². The predicted molar refractivity (Wildman–Crippen MR) is 258 cm³/mol. The fraction of sp³-hybridized carbons (Fsp3) is 0.659. The number of hydroxylamine groups is 6. The maximum Gasteiger partial charge on any atom is 0.246 e. The fourth-order valence-electron chi connectivity index (χ4n) is 6.16. The third-order valence-corrected chi connectivity index (χ3v) is 10.5. The number of carbonyl (C=O) groups excluding carboxylic acids is 7. The first-order valence-electron chi connectivity index (χ1n) is 22.9. The summed E-state index contributed by atoms with van der Waals surface area (Å²) in [6, 6.07) is 7.50. The number of Topliss-reactive ketones (excluding diaryl/α,β-unsaturated/α-hetero) is 1.